The van der Waals surface area contributed by atoms with Gasteiger partial charge < -0.3 is 9.55 Å². The topological polar surface area (TPSA) is 101 Å². The molecule has 0 saturated heterocycles. The molecule has 0 aliphatic heterocycles. The summed E-state index contributed by atoms with van der Waals surface area (Å²) in [5.41, 5.74) is 0.0514. The first-order chi connectivity index (χ1) is 12.4. The van der Waals surface area contributed by atoms with Crippen molar-refractivity contribution in [3.63, 3.8) is 0 Å². The van der Waals surface area contributed by atoms with Crippen LogP contribution in [0.4, 0.5) is 0 Å². The first-order valence-electron chi connectivity index (χ1n) is 7.80. The smallest absolute Gasteiger partial charge is 0.316 e. The number of nitrogens with zero attached hydrogens (tertiary/aromatic N) is 1. The van der Waals surface area contributed by atoms with E-state index < -0.39 is 21.1 Å². The lowest BCUT2D eigenvalue weighted by Gasteiger charge is -2.11. The van der Waals surface area contributed by atoms with Crippen LogP contribution in [0, 0.1) is 0 Å². The van der Waals surface area contributed by atoms with Crippen molar-refractivity contribution in [3.8, 4) is 0 Å². The van der Waals surface area contributed by atoms with Gasteiger partial charge in [-0.2, -0.15) is 0 Å². The Morgan fingerprint density at radius 3 is 2.50 bits per heavy atom. The van der Waals surface area contributed by atoms with Gasteiger partial charge in [-0.1, -0.05) is 41.9 Å². The molecule has 0 saturated carbocycles. The second-order valence-corrected chi connectivity index (χ2v) is 7.89. The fraction of sp³-hybridized carbons (Fsp3) is 0.176. The van der Waals surface area contributed by atoms with Gasteiger partial charge in [0.15, 0.2) is 0 Å². The summed E-state index contributed by atoms with van der Waals surface area (Å²) in [6.07, 6.45) is 0. The van der Waals surface area contributed by atoms with E-state index in [-0.39, 0.29) is 18.8 Å². The van der Waals surface area contributed by atoms with Crippen LogP contribution in [0.3, 0.4) is 0 Å². The maximum atomic E-state index is 12.2. The molecule has 1 heterocycles. The first-order valence-corrected chi connectivity index (χ1v) is 9.83. The van der Waals surface area contributed by atoms with E-state index in [9.17, 15) is 18.0 Å². The Bertz CT molecular complexity index is 1170. The molecule has 2 aromatic carbocycles. The third-order valence-electron chi connectivity index (χ3n) is 3.84. The maximum absolute atomic E-state index is 12.2. The molecule has 0 bridgehead atoms. The van der Waals surface area contributed by atoms with E-state index in [4.69, 9.17) is 11.6 Å². The standard InChI is InChI=1S/C17H16ClN3O4S/c18-13-6-2-1-5-12(13)11-26(24,25)19-9-10-21-15-8-4-3-7-14(15)20-16(22)17(21)23/h1-8,19H,9-11H2,(H,20,22). The number of hydrogen-bond donors (Lipinski definition) is 2. The van der Waals surface area contributed by atoms with Crippen LogP contribution in [0.15, 0.2) is 58.1 Å². The Hall–Kier alpha value is -2.42. The molecular weight excluding hydrogens is 378 g/mol. The second-order valence-electron chi connectivity index (χ2n) is 5.67. The third-order valence-corrected chi connectivity index (χ3v) is 5.55. The number of sulfonamides is 1. The fourth-order valence-corrected chi connectivity index (χ4v) is 4.08. The van der Waals surface area contributed by atoms with Crippen molar-refractivity contribution in [2.24, 2.45) is 0 Å². The average molecular weight is 394 g/mol. The molecule has 7 nitrogen and oxygen atoms in total. The van der Waals surface area contributed by atoms with Gasteiger partial charge in [0.25, 0.3) is 0 Å². The van der Waals surface area contributed by atoms with Crippen molar-refractivity contribution in [1.82, 2.24) is 14.3 Å². The number of halogens is 1. The molecule has 0 aliphatic rings. The van der Waals surface area contributed by atoms with Gasteiger partial charge in [-0.25, -0.2) is 13.1 Å². The molecule has 0 atom stereocenters. The molecule has 3 aromatic rings. The summed E-state index contributed by atoms with van der Waals surface area (Å²) in [4.78, 5) is 26.4. The Labute approximate surface area is 154 Å². The van der Waals surface area contributed by atoms with Crippen LogP contribution in [-0.2, 0) is 22.3 Å². The van der Waals surface area contributed by atoms with E-state index in [0.29, 0.717) is 21.6 Å². The normalized spacial score (nSPS) is 11.7. The number of rotatable bonds is 6. The Balaban J connectivity index is 1.77. The van der Waals surface area contributed by atoms with Crippen molar-refractivity contribution >= 4 is 32.7 Å². The van der Waals surface area contributed by atoms with Crippen LogP contribution in [0.5, 0.6) is 0 Å². The summed E-state index contributed by atoms with van der Waals surface area (Å²) in [6, 6.07) is 13.5. The molecule has 0 amide bonds. The minimum absolute atomic E-state index is 0.0276. The lowest BCUT2D eigenvalue weighted by Crippen LogP contribution is -2.39. The van der Waals surface area contributed by atoms with Crippen molar-refractivity contribution in [2.45, 2.75) is 12.3 Å². The van der Waals surface area contributed by atoms with E-state index in [1.807, 2.05) is 0 Å². The van der Waals surface area contributed by atoms with Gasteiger partial charge in [0.2, 0.25) is 10.0 Å². The molecule has 0 aliphatic carbocycles. The average Bonchev–Trinajstić information content (AvgIpc) is 2.60. The number of aromatic nitrogens is 2. The van der Waals surface area contributed by atoms with E-state index in [0.717, 1.165) is 0 Å². The molecule has 0 spiro atoms. The van der Waals surface area contributed by atoms with E-state index in [2.05, 4.69) is 9.71 Å². The molecule has 26 heavy (non-hydrogen) atoms. The molecule has 1 aromatic heterocycles. The predicted octanol–water partition coefficient (Wildman–Crippen LogP) is 1.46. The zero-order valence-electron chi connectivity index (χ0n) is 13.6. The lowest BCUT2D eigenvalue weighted by molar-refractivity contribution is 0.571. The maximum Gasteiger partial charge on any atom is 0.316 e. The second kappa shape index (κ2) is 7.45. The van der Waals surface area contributed by atoms with Gasteiger partial charge >= 0.3 is 11.1 Å². The fourth-order valence-electron chi connectivity index (χ4n) is 2.63. The van der Waals surface area contributed by atoms with Crippen molar-refractivity contribution in [2.75, 3.05) is 6.54 Å². The number of fused-ring (bicyclic) bond motifs is 1. The minimum Gasteiger partial charge on any atom is -0.316 e. The highest BCUT2D eigenvalue weighted by atomic mass is 35.5. The highest BCUT2D eigenvalue weighted by Crippen LogP contribution is 2.17. The van der Waals surface area contributed by atoms with E-state index >= 15 is 0 Å². The summed E-state index contributed by atoms with van der Waals surface area (Å²) in [5, 5.41) is 0.370. The number of benzene rings is 2. The zero-order chi connectivity index (χ0) is 18.7. The predicted molar refractivity (Wildman–Crippen MR) is 101 cm³/mol. The van der Waals surface area contributed by atoms with Crippen LogP contribution in [0.1, 0.15) is 5.56 Å². The van der Waals surface area contributed by atoms with Gasteiger partial charge in [-0.05, 0) is 23.8 Å². The number of nitrogens with one attached hydrogen (secondary N) is 2. The molecule has 136 valence electrons. The highest BCUT2D eigenvalue weighted by molar-refractivity contribution is 7.88. The Morgan fingerprint density at radius 2 is 1.73 bits per heavy atom. The SMILES string of the molecule is O=c1[nH]c2ccccc2n(CCNS(=O)(=O)Cc2ccccc2Cl)c1=O. The number of para-hydroxylation sites is 2. The third kappa shape index (κ3) is 4.04. The summed E-state index contributed by atoms with van der Waals surface area (Å²) < 4.78 is 28.2. The van der Waals surface area contributed by atoms with Crippen LogP contribution in [0.25, 0.3) is 11.0 Å². The monoisotopic (exact) mass is 393 g/mol. The summed E-state index contributed by atoms with van der Waals surface area (Å²) in [5.74, 6) is -0.266. The van der Waals surface area contributed by atoms with Gasteiger partial charge in [-0.3, -0.25) is 9.59 Å². The first kappa shape index (κ1) is 18.4. The zero-order valence-corrected chi connectivity index (χ0v) is 15.2. The largest absolute Gasteiger partial charge is 0.316 e. The molecule has 0 radical (unpaired) electrons. The number of aromatic amines is 1. The molecular formula is C17H16ClN3O4S. The Morgan fingerprint density at radius 1 is 1.04 bits per heavy atom. The summed E-state index contributed by atoms with van der Waals surface area (Å²) in [6.45, 7) is 0.00512. The highest BCUT2D eigenvalue weighted by Gasteiger charge is 2.14. The quantitative estimate of drug-likeness (QED) is 0.619. The Kier molecular flexibility index (Phi) is 5.26. The number of hydrogen-bond acceptors (Lipinski definition) is 4. The van der Waals surface area contributed by atoms with Crippen molar-refractivity contribution in [3.05, 3.63) is 79.8 Å². The lowest BCUT2D eigenvalue weighted by atomic mass is 10.2. The molecule has 0 fully saturated rings. The van der Waals surface area contributed by atoms with Gasteiger partial charge in [0, 0.05) is 18.1 Å². The molecule has 9 heteroatoms. The van der Waals surface area contributed by atoms with Crippen molar-refractivity contribution in [1.29, 1.82) is 0 Å². The van der Waals surface area contributed by atoms with Crippen LogP contribution in [0.2, 0.25) is 5.02 Å². The number of H-pyrrole nitrogens is 1. The van der Waals surface area contributed by atoms with Crippen LogP contribution < -0.4 is 15.8 Å². The summed E-state index contributed by atoms with van der Waals surface area (Å²) in [7, 11) is -3.64. The molecule has 3 rings (SSSR count). The van der Waals surface area contributed by atoms with E-state index in [1.54, 1.807) is 48.5 Å². The minimum atomic E-state index is -3.64. The van der Waals surface area contributed by atoms with Crippen LogP contribution in [-0.4, -0.2) is 24.5 Å². The summed E-state index contributed by atoms with van der Waals surface area (Å²) >= 11 is 5.99. The van der Waals surface area contributed by atoms with Crippen molar-refractivity contribution < 1.29 is 8.42 Å². The van der Waals surface area contributed by atoms with Crippen LogP contribution >= 0.6 is 11.6 Å². The van der Waals surface area contributed by atoms with Gasteiger partial charge in [0.05, 0.1) is 16.8 Å². The van der Waals surface area contributed by atoms with Gasteiger partial charge in [0.1, 0.15) is 0 Å². The molecule has 0 unspecified atom stereocenters. The van der Waals surface area contributed by atoms with E-state index in [1.165, 1.54) is 4.57 Å². The van der Waals surface area contributed by atoms with Gasteiger partial charge in [-0.15, -0.1) is 0 Å². The molecule has 2 N–H and O–H groups in total.